The van der Waals surface area contributed by atoms with Crippen LogP contribution >= 0.6 is 0 Å². The molecule has 0 heterocycles. The van der Waals surface area contributed by atoms with Gasteiger partial charge >= 0.3 is 0 Å². The summed E-state index contributed by atoms with van der Waals surface area (Å²) in [5, 5.41) is 4.53. The van der Waals surface area contributed by atoms with E-state index in [1.807, 2.05) is 30.3 Å². The molecule has 0 atom stereocenters. The van der Waals surface area contributed by atoms with E-state index >= 15 is 0 Å². The minimum atomic E-state index is 0.549. The average Bonchev–Trinajstić information content (AvgIpc) is 3.25. The van der Waals surface area contributed by atoms with E-state index in [4.69, 9.17) is 10.5 Å². The number of rotatable bonds is 9. The molecule has 264 valence electrons. The summed E-state index contributed by atoms with van der Waals surface area (Å²) in [6.07, 6.45) is 6.50. The van der Waals surface area contributed by atoms with Crippen molar-refractivity contribution in [2.24, 2.45) is 0 Å². The highest BCUT2D eigenvalue weighted by Gasteiger charge is 2.21. The highest BCUT2D eigenvalue weighted by molar-refractivity contribution is 6.05. The minimum absolute atomic E-state index is 0.549. The number of hydrogen-bond acceptors (Lipinski definition) is 3. The van der Waals surface area contributed by atoms with Crippen molar-refractivity contribution in [3.63, 3.8) is 0 Å². The van der Waals surface area contributed by atoms with Crippen LogP contribution in [0.25, 0.3) is 55.1 Å². The van der Waals surface area contributed by atoms with Gasteiger partial charge in [0.15, 0.2) is 5.75 Å². The fraction of sp³-hybridized carbons (Fsp3) is 0.0385. The molecule has 0 saturated carbocycles. The molecule has 1 aliphatic carbocycles. The monoisotopic (exact) mass is 708 g/mol. The van der Waals surface area contributed by atoms with Crippen molar-refractivity contribution in [1.82, 2.24) is 0 Å². The van der Waals surface area contributed by atoms with Crippen molar-refractivity contribution >= 4 is 49.9 Å². The summed E-state index contributed by atoms with van der Waals surface area (Å²) in [6.45, 7) is 4.25. The third kappa shape index (κ3) is 6.80. The molecule has 0 unspecified atom stereocenters. The molecule has 0 aliphatic heterocycles. The molecular weight excluding hydrogens is 669 g/mol. The maximum atomic E-state index is 6.37. The predicted octanol–water partition coefficient (Wildman–Crippen LogP) is 13.9. The number of ether oxygens (including phenoxy) is 1. The van der Waals surface area contributed by atoms with Gasteiger partial charge in [-0.25, -0.2) is 0 Å². The van der Waals surface area contributed by atoms with E-state index < -0.39 is 0 Å². The van der Waals surface area contributed by atoms with Gasteiger partial charge in [0.1, 0.15) is 5.76 Å². The second kappa shape index (κ2) is 14.7. The summed E-state index contributed by atoms with van der Waals surface area (Å²) in [5.41, 5.74) is 18.7. The Morgan fingerprint density at radius 1 is 0.527 bits per heavy atom. The molecule has 0 amide bonds. The molecule has 1 aliphatic rings. The van der Waals surface area contributed by atoms with Crippen molar-refractivity contribution < 1.29 is 4.74 Å². The van der Waals surface area contributed by atoms with E-state index in [-0.39, 0.29) is 0 Å². The number of fused-ring (bicyclic) bond motifs is 2. The Labute approximate surface area is 322 Å². The summed E-state index contributed by atoms with van der Waals surface area (Å²) in [4.78, 5) is 2.45. The van der Waals surface area contributed by atoms with Crippen LogP contribution in [-0.2, 0) is 0 Å². The summed E-state index contributed by atoms with van der Waals surface area (Å²) in [5.74, 6) is 1.15. The van der Waals surface area contributed by atoms with Gasteiger partial charge in [-0.15, -0.1) is 0 Å². The summed E-state index contributed by atoms with van der Waals surface area (Å²) in [6, 6.07) is 64.0. The molecule has 8 aromatic rings. The van der Waals surface area contributed by atoms with Crippen molar-refractivity contribution in [2.75, 3.05) is 10.6 Å². The Morgan fingerprint density at radius 2 is 1.13 bits per heavy atom. The van der Waals surface area contributed by atoms with Gasteiger partial charge in [0, 0.05) is 22.3 Å². The van der Waals surface area contributed by atoms with E-state index in [9.17, 15) is 0 Å². The van der Waals surface area contributed by atoms with E-state index in [1.54, 1.807) is 0 Å². The molecule has 55 heavy (non-hydrogen) atoms. The first-order valence-electron chi connectivity index (χ1n) is 18.8. The maximum Gasteiger partial charge on any atom is 0.150 e. The first kappa shape index (κ1) is 33.7. The number of nitrogen functional groups attached to an aromatic ring is 1. The summed E-state index contributed by atoms with van der Waals surface area (Å²) >= 11 is 0. The first-order chi connectivity index (χ1) is 27.1. The molecule has 2 N–H and O–H groups in total. The molecule has 0 spiro atoms. The van der Waals surface area contributed by atoms with Gasteiger partial charge in [0.05, 0.1) is 11.4 Å². The molecule has 0 saturated heterocycles. The average molecular weight is 709 g/mol. The van der Waals surface area contributed by atoms with Crippen LogP contribution in [0.1, 0.15) is 24.0 Å². The Morgan fingerprint density at radius 3 is 1.82 bits per heavy atom. The van der Waals surface area contributed by atoms with Crippen LogP contribution in [0.2, 0.25) is 0 Å². The highest BCUT2D eigenvalue weighted by Crippen LogP contribution is 2.43. The number of nitrogens with two attached hydrogens (primary N) is 1. The molecule has 0 radical (unpaired) electrons. The minimum Gasteiger partial charge on any atom is -0.455 e. The van der Waals surface area contributed by atoms with Crippen LogP contribution < -0.4 is 15.4 Å². The molecule has 0 fully saturated rings. The summed E-state index contributed by atoms with van der Waals surface area (Å²) in [7, 11) is 0. The van der Waals surface area contributed by atoms with Crippen LogP contribution in [0.15, 0.2) is 206 Å². The largest absolute Gasteiger partial charge is 0.455 e. The second-order valence-corrected chi connectivity index (χ2v) is 14.0. The highest BCUT2D eigenvalue weighted by atomic mass is 16.5. The smallest absolute Gasteiger partial charge is 0.150 e. The Hall–Kier alpha value is -7.10. The third-order valence-electron chi connectivity index (χ3n) is 10.6. The zero-order chi connectivity index (χ0) is 37.1. The standard InChI is InChI=1S/C52H40N2O/c1-36(55-52-35-44-17-9-8-16-43(44)34-50(52)53)37-20-22-42(23-21-37)47-32-33-51(49-19-11-10-18-48(47)49)54(45-28-24-40(25-29-45)38-12-4-2-5-13-38)46-30-26-41(27-31-46)39-14-6-3-7-15-39/h2-26,28-30,32-35H,1,27,31,53H2. The number of allylic oxidation sites excluding steroid dienone is 4. The van der Waals surface area contributed by atoms with E-state index in [0.29, 0.717) is 17.2 Å². The molecule has 0 aromatic heterocycles. The number of hydrogen-bond donors (Lipinski definition) is 1. The van der Waals surface area contributed by atoms with Crippen LogP contribution in [0.4, 0.5) is 17.1 Å². The van der Waals surface area contributed by atoms with E-state index in [2.05, 4.69) is 175 Å². The van der Waals surface area contributed by atoms with Gasteiger partial charge in [-0.3, -0.25) is 0 Å². The Balaban J connectivity index is 1.07. The quantitative estimate of drug-likeness (QED) is 0.120. The van der Waals surface area contributed by atoms with Gasteiger partial charge in [-0.1, -0.05) is 164 Å². The van der Waals surface area contributed by atoms with Gasteiger partial charge in [-0.2, -0.15) is 0 Å². The van der Waals surface area contributed by atoms with Crippen LogP contribution in [0.3, 0.4) is 0 Å². The van der Waals surface area contributed by atoms with Crippen molar-refractivity contribution in [3.8, 4) is 28.0 Å². The fourth-order valence-electron chi connectivity index (χ4n) is 7.68. The molecule has 8 aromatic carbocycles. The lowest BCUT2D eigenvalue weighted by atomic mass is 9.93. The van der Waals surface area contributed by atoms with E-state index in [1.165, 1.54) is 44.3 Å². The van der Waals surface area contributed by atoms with Crippen LogP contribution in [-0.4, -0.2) is 0 Å². The lowest BCUT2D eigenvalue weighted by Crippen LogP contribution is -2.18. The molecule has 0 bridgehead atoms. The topological polar surface area (TPSA) is 38.5 Å². The zero-order valence-electron chi connectivity index (χ0n) is 30.5. The number of benzene rings is 8. The summed E-state index contributed by atoms with van der Waals surface area (Å²) < 4.78 is 6.23. The Kier molecular flexibility index (Phi) is 9.03. The number of anilines is 3. The van der Waals surface area contributed by atoms with Gasteiger partial charge in [0.25, 0.3) is 0 Å². The molecule has 3 nitrogen and oxygen atoms in total. The fourth-order valence-corrected chi connectivity index (χ4v) is 7.68. The van der Waals surface area contributed by atoms with Crippen molar-refractivity contribution in [1.29, 1.82) is 0 Å². The third-order valence-corrected chi connectivity index (χ3v) is 10.6. The first-order valence-corrected chi connectivity index (χ1v) is 18.8. The SMILES string of the molecule is C=C(Oc1cc2ccccc2cc1N)c1ccc(-c2ccc(N(C3=CC=C(c4ccccc4)CC3)c3ccc(-c4ccccc4)cc3)c3ccccc23)cc1. The van der Waals surface area contributed by atoms with Crippen molar-refractivity contribution in [3.05, 3.63) is 218 Å². The van der Waals surface area contributed by atoms with E-state index in [0.717, 1.165) is 46.1 Å². The Bertz CT molecular complexity index is 2730. The number of nitrogens with zero attached hydrogens (tertiary/aromatic N) is 1. The maximum absolute atomic E-state index is 6.37. The normalized spacial score (nSPS) is 12.6. The van der Waals surface area contributed by atoms with Crippen molar-refractivity contribution in [2.45, 2.75) is 12.8 Å². The molecular formula is C52H40N2O. The zero-order valence-corrected chi connectivity index (χ0v) is 30.5. The lowest BCUT2D eigenvalue weighted by molar-refractivity contribution is 0.520. The van der Waals surface area contributed by atoms with Gasteiger partial charge in [-0.05, 0) is 98.8 Å². The molecule has 9 rings (SSSR count). The molecule has 3 heteroatoms. The van der Waals surface area contributed by atoms with Crippen LogP contribution in [0, 0.1) is 0 Å². The van der Waals surface area contributed by atoms with Crippen LogP contribution in [0.5, 0.6) is 5.75 Å². The van der Waals surface area contributed by atoms with Gasteiger partial charge in [0.2, 0.25) is 0 Å². The van der Waals surface area contributed by atoms with Gasteiger partial charge < -0.3 is 15.4 Å². The lowest BCUT2D eigenvalue weighted by Gasteiger charge is -2.31. The second-order valence-electron chi connectivity index (χ2n) is 14.0. The predicted molar refractivity (Wildman–Crippen MR) is 233 cm³/mol.